The number of nitrogens with two attached hydrogens (primary N) is 1. The predicted molar refractivity (Wildman–Crippen MR) is 147 cm³/mol. The molecule has 0 spiro atoms. The second-order valence-electron chi connectivity index (χ2n) is 9.30. The van der Waals surface area contributed by atoms with Gasteiger partial charge in [-0.15, -0.1) is 0 Å². The van der Waals surface area contributed by atoms with Crippen LogP contribution in [-0.4, -0.2) is 70.2 Å². The number of nitrogens with one attached hydrogen (secondary N) is 1. The van der Waals surface area contributed by atoms with Crippen LogP contribution >= 0.6 is 0 Å². The molecule has 3 aromatic rings. The van der Waals surface area contributed by atoms with E-state index in [0.29, 0.717) is 62.3 Å². The first-order valence-corrected chi connectivity index (χ1v) is 12.9. The summed E-state index contributed by atoms with van der Waals surface area (Å²) in [5, 5.41) is 19.2. The number of aromatic nitrogens is 1. The lowest BCUT2D eigenvalue weighted by Crippen LogP contribution is -2.50. The number of hydrogen-bond donors (Lipinski definition) is 3. The smallest absolute Gasteiger partial charge is 0.253 e. The van der Waals surface area contributed by atoms with Gasteiger partial charge in [-0.25, -0.2) is 4.98 Å². The Morgan fingerprint density at radius 1 is 1.03 bits per heavy atom. The van der Waals surface area contributed by atoms with Crippen LogP contribution in [0.3, 0.4) is 0 Å². The molecule has 1 atom stereocenters. The number of aryl methyl sites for hydroxylation is 1. The molecular formula is C29H35N5O3. The van der Waals surface area contributed by atoms with Crippen LogP contribution in [-0.2, 0) is 17.6 Å². The van der Waals surface area contributed by atoms with Gasteiger partial charge in [-0.3, -0.25) is 9.59 Å². The highest BCUT2D eigenvalue weighted by Gasteiger charge is 2.26. The van der Waals surface area contributed by atoms with E-state index in [1.807, 2.05) is 44.2 Å². The summed E-state index contributed by atoms with van der Waals surface area (Å²) in [5.74, 6) is -0.0111. The van der Waals surface area contributed by atoms with Crippen LogP contribution in [0.25, 0.3) is 22.2 Å². The Bertz CT molecular complexity index is 1330. The lowest BCUT2D eigenvalue weighted by molar-refractivity contribution is -0.130. The number of pyridine rings is 1. The van der Waals surface area contributed by atoms with Crippen molar-refractivity contribution in [3.63, 3.8) is 0 Å². The third-order valence-electron chi connectivity index (χ3n) is 7.17. The van der Waals surface area contributed by atoms with Crippen molar-refractivity contribution in [2.75, 3.05) is 31.9 Å². The average molecular weight is 502 g/mol. The van der Waals surface area contributed by atoms with Crippen molar-refractivity contribution >= 4 is 34.6 Å². The molecule has 0 bridgehead atoms. The van der Waals surface area contributed by atoms with E-state index in [9.17, 15) is 14.7 Å². The van der Waals surface area contributed by atoms with Gasteiger partial charge in [0.1, 0.15) is 0 Å². The number of nitrogen functional groups attached to an aromatic ring is 1. The number of carbonyl (C=O) groups excluding carboxylic acids is 2. The van der Waals surface area contributed by atoms with E-state index in [-0.39, 0.29) is 11.8 Å². The van der Waals surface area contributed by atoms with E-state index in [1.165, 1.54) is 6.21 Å². The first kappa shape index (κ1) is 26.3. The number of benzene rings is 2. The zero-order valence-corrected chi connectivity index (χ0v) is 21.8. The molecule has 1 aromatic heterocycles. The molecule has 0 radical (unpaired) electrons. The molecule has 1 fully saturated rings. The first-order chi connectivity index (χ1) is 17.9. The van der Waals surface area contributed by atoms with Gasteiger partial charge in [0.25, 0.3) is 5.91 Å². The minimum atomic E-state index is -0.445. The van der Waals surface area contributed by atoms with E-state index in [2.05, 4.69) is 0 Å². The van der Waals surface area contributed by atoms with E-state index < -0.39 is 6.10 Å². The van der Waals surface area contributed by atoms with Crippen LogP contribution in [0.4, 0.5) is 5.69 Å². The second-order valence-corrected chi connectivity index (χ2v) is 9.30. The number of aliphatic hydroxyl groups excluding tert-OH is 1. The van der Waals surface area contributed by atoms with Gasteiger partial charge in [-0.1, -0.05) is 26.0 Å². The molecule has 4 N–H and O–H groups in total. The van der Waals surface area contributed by atoms with Gasteiger partial charge in [0, 0.05) is 73.5 Å². The summed E-state index contributed by atoms with van der Waals surface area (Å²) in [6.07, 6.45) is 2.67. The van der Waals surface area contributed by atoms with Gasteiger partial charge in [0.15, 0.2) is 0 Å². The van der Waals surface area contributed by atoms with E-state index in [0.717, 1.165) is 33.3 Å². The Kier molecular flexibility index (Phi) is 7.88. The average Bonchev–Trinajstić information content (AvgIpc) is 2.93. The van der Waals surface area contributed by atoms with Gasteiger partial charge in [-0.05, 0) is 48.2 Å². The highest BCUT2D eigenvalue weighted by atomic mass is 16.3. The number of hydrogen-bond acceptors (Lipinski definition) is 6. The van der Waals surface area contributed by atoms with Gasteiger partial charge < -0.3 is 26.0 Å². The van der Waals surface area contributed by atoms with Crippen LogP contribution in [0, 0.1) is 5.41 Å². The Morgan fingerprint density at radius 2 is 1.68 bits per heavy atom. The number of rotatable bonds is 3. The van der Waals surface area contributed by atoms with Crippen LogP contribution in [0.15, 0.2) is 36.4 Å². The molecule has 2 aliphatic rings. The summed E-state index contributed by atoms with van der Waals surface area (Å²) in [6.45, 7) is 7.70. The molecule has 8 nitrogen and oxygen atoms in total. The molecular weight excluding hydrogens is 466 g/mol. The number of nitrogens with zero attached hydrogens (tertiary/aromatic N) is 3. The molecule has 1 aliphatic heterocycles. The molecule has 2 aromatic carbocycles. The summed E-state index contributed by atoms with van der Waals surface area (Å²) < 4.78 is 0. The van der Waals surface area contributed by atoms with Gasteiger partial charge in [0.05, 0.1) is 17.3 Å². The molecule has 1 unspecified atom stereocenters. The monoisotopic (exact) mass is 501 g/mol. The third-order valence-corrected chi connectivity index (χ3v) is 7.17. The maximum atomic E-state index is 13.0. The molecule has 2 heterocycles. The summed E-state index contributed by atoms with van der Waals surface area (Å²) in [4.78, 5) is 33.0. The summed E-state index contributed by atoms with van der Waals surface area (Å²) in [7, 11) is 0. The van der Waals surface area contributed by atoms with Crippen LogP contribution < -0.4 is 5.73 Å². The quantitative estimate of drug-likeness (QED) is 0.373. The third kappa shape index (κ3) is 5.06. The second kappa shape index (κ2) is 11.1. The SMILES string of the molecule is CC.CC(=O)N1CCN(C(=O)c2ccc(-c3nc4ccc(N)c(C=N)c4c4c3CC(O)CC4)cc2)CC1. The van der Waals surface area contributed by atoms with Crippen LogP contribution in [0.1, 0.15) is 54.2 Å². The van der Waals surface area contributed by atoms with Crippen molar-refractivity contribution in [3.05, 3.63) is 58.7 Å². The van der Waals surface area contributed by atoms with Crippen molar-refractivity contribution in [3.8, 4) is 11.3 Å². The van der Waals surface area contributed by atoms with Crippen molar-refractivity contribution in [1.29, 1.82) is 5.41 Å². The lowest BCUT2D eigenvalue weighted by atomic mass is 9.83. The maximum Gasteiger partial charge on any atom is 0.253 e. The van der Waals surface area contributed by atoms with Crippen LogP contribution in [0.5, 0.6) is 0 Å². The van der Waals surface area contributed by atoms with Crippen molar-refractivity contribution < 1.29 is 14.7 Å². The Morgan fingerprint density at radius 3 is 2.30 bits per heavy atom. The molecule has 1 aliphatic carbocycles. The molecule has 194 valence electrons. The molecule has 2 amide bonds. The highest BCUT2D eigenvalue weighted by molar-refractivity contribution is 6.05. The fourth-order valence-corrected chi connectivity index (χ4v) is 5.23. The largest absolute Gasteiger partial charge is 0.398 e. The number of fused-ring (bicyclic) bond motifs is 3. The van der Waals surface area contributed by atoms with Crippen molar-refractivity contribution in [2.45, 2.75) is 46.1 Å². The topological polar surface area (TPSA) is 124 Å². The Hall–Kier alpha value is -3.78. The summed E-state index contributed by atoms with van der Waals surface area (Å²) >= 11 is 0. The summed E-state index contributed by atoms with van der Waals surface area (Å²) in [5.41, 5.74) is 12.5. The van der Waals surface area contributed by atoms with Crippen molar-refractivity contribution in [1.82, 2.24) is 14.8 Å². The number of piperazine rings is 1. The van der Waals surface area contributed by atoms with E-state index in [4.69, 9.17) is 16.1 Å². The van der Waals surface area contributed by atoms with E-state index in [1.54, 1.807) is 22.8 Å². The molecule has 0 saturated carbocycles. The zero-order chi connectivity index (χ0) is 26.7. The number of carbonyl (C=O) groups is 2. The standard InChI is InChI=1S/C27H29N5O3.C2H6/c1-16(33)31-10-12-32(13-11-31)27(35)18-4-2-17(3-5-18)26-21-14-19(34)6-7-20(21)25-22(15-28)23(29)8-9-24(25)30-26;1-2/h2-5,8-9,15,19,28,34H,6-7,10-14,29H2,1H3;1-2H3. The Balaban J connectivity index is 0.00000156. The van der Waals surface area contributed by atoms with Gasteiger partial charge in [0.2, 0.25) is 5.91 Å². The fourth-order valence-electron chi connectivity index (χ4n) is 5.23. The predicted octanol–water partition coefficient (Wildman–Crippen LogP) is 3.66. The molecule has 37 heavy (non-hydrogen) atoms. The van der Waals surface area contributed by atoms with Crippen LogP contribution in [0.2, 0.25) is 0 Å². The fraction of sp³-hybridized carbons (Fsp3) is 0.379. The normalized spacial score (nSPS) is 17.0. The summed E-state index contributed by atoms with van der Waals surface area (Å²) in [6, 6.07) is 11.1. The Labute approximate surface area is 217 Å². The lowest BCUT2D eigenvalue weighted by Gasteiger charge is -2.34. The minimum absolute atomic E-state index is 0.0354. The number of anilines is 1. The molecule has 5 rings (SSSR count). The van der Waals surface area contributed by atoms with Crippen molar-refractivity contribution in [2.24, 2.45) is 0 Å². The number of amides is 2. The zero-order valence-electron chi connectivity index (χ0n) is 21.8. The maximum absolute atomic E-state index is 13.0. The number of aliphatic hydroxyl groups is 1. The highest BCUT2D eigenvalue weighted by Crippen LogP contribution is 2.37. The van der Waals surface area contributed by atoms with E-state index >= 15 is 0 Å². The first-order valence-electron chi connectivity index (χ1n) is 12.9. The van der Waals surface area contributed by atoms with Gasteiger partial charge >= 0.3 is 0 Å². The van der Waals surface area contributed by atoms with Gasteiger partial charge in [-0.2, -0.15) is 0 Å². The minimum Gasteiger partial charge on any atom is -0.398 e. The molecule has 1 saturated heterocycles. The molecule has 8 heteroatoms.